The van der Waals surface area contributed by atoms with Crippen LogP contribution in [0.15, 0.2) is 57.9 Å². The SMILES string of the molecule is CC(NS(=O)(=O)c1ccc(N)c(Br)c1)c1ccccc1. The summed E-state index contributed by atoms with van der Waals surface area (Å²) in [6, 6.07) is 13.6. The third-order valence-corrected chi connectivity index (χ3v) is 5.14. The minimum Gasteiger partial charge on any atom is -0.398 e. The van der Waals surface area contributed by atoms with E-state index in [4.69, 9.17) is 5.73 Å². The van der Waals surface area contributed by atoms with Crippen molar-refractivity contribution in [3.63, 3.8) is 0 Å². The van der Waals surface area contributed by atoms with E-state index >= 15 is 0 Å². The quantitative estimate of drug-likeness (QED) is 0.828. The van der Waals surface area contributed by atoms with Crippen LogP contribution in [-0.2, 0) is 10.0 Å². The highest BCUT2D eigenvalue weighted by Gasteiger charge is 2.18. The van der Waals surface area contributed by atoms with Crippen LogP contribution in [-0.4, -0.2) is 8.42 Å². The molecule has 1 atom stereocenters. The Morgan fingerprint density at radius 1 is 1.15 bits per heavy atom. The van der Waals surface area contributed by atoms with E-state index in [-0.39, 0.29) is 10.9 Å². The number of hydrogen-bond donors (Lipinski definition) is 2. The molecule has 106 valence electrons. The van der Waals surface area contributed by atoms with Crippen LogP contribution in [0.1, 0.15) is 18.5 Å². The lowest BCUT2D eigenvalue weighted by atomic mass is 10.1. The highest BCUT2D eigenvalue weighted by molar-refractivity contribution is 9.10. The Bertz CT molecular complexity index is 702. The average Bonchev–Trinajstić information content (AvgIpc) is 2.42. The van der Waals surface area contributed by atoms with Crippen molar-refractivity contribution >= 4 is 31.6 Å². The molecule has 2 aromatic rings. The number of halogens is 1. The van der Waals surface area contributed by atoms with E-state index in [0.29, 0.717) is 10.2 Å². The summed E-state index contributed by atoms with van der Waals surface area (Å²) in [5, 5.41) is 0. The van der Waals surface area contributed by atoms with Crippen LogP contribution in [0.5, 0.6) is 0 Å². The molecule has 1 unspecified atom stereocenters. The van der Waals surface area contributed by atoms with Gasteiger partial charge >= 0.3 is 0 Å². The summed E-state index contributed by atoms with van der Waals surface area (Å²) in [4.78, 5) is 0.182. The Hall–Kier alpha value is -1.37. The number of nitrogens with two attached hydrogens (primary N) is 1. The molecule has 0 amide bonds. The van der Waals surface area contributed by atoms with E-state index in [1.54, 1.807) is 13.0 Å². The largest absolute Gasteiger partial charge is 0.398 e. The molecule has 0 aromatic heterocycles. The summed E-state index contributed by atoms with van der Waals surface area (Å²) in [5.74, 6) is 0. The molecule has 4 nitrogen and oxygen atoms in total. The summed E-state index contributed by atoms with van der Waals surface area (Å²) >= 11 is 3.23. The monoisotopic (exact) mass is 354 g/mol. The molecule has 2 aromatic carbocycles. The highest BCUT2D eigenvalue weighted by atomic mass is 79.9. The van der Waals surface area contributed by atoms with Crippen LogP contribution < -0.4 is 10.5 Å². The minimum absolute atomic E-state index is 0.182. The molecule has 0 saturated heterocycles. The van der Waals surface area contributed by atoms with Gasteiger partial charge in [-0.2, -0.15) is 0 Å². The van der Waals surface area contributed by atoms with Crippen molar-refractivity contribution in [2.24, 2.45) is 0 Å². The number of anilines is 1. The number of benzene rings is 2. The fraction of sp³-hybridized carbons (Fsp3) is 0.143. The van der Waals surface area contributed by atoms with Gasteiger partial charge in [0.15, 0.2) is 0 Å². The molecule has 0 spiro atoms. The Morgan fingerprint density at radius 2 is 1.80 bits per heavy atom. The highest BCUT2D eigenvalue weighted by Crippen LogP contribution is 2.24. The average molecular weight is 355 g/mol. The number of sulfonamides is 1. The normalized spacial score (nSPS) is 13.1. The maximum absolute atomic E-state index is 12.3. The third-order valence-electron chi connectivity index (χ3n) is 2.91. The van der Waals surface area contributed by atoms with Crippen molar-refractivity contribution < 1.29 is 8.42 Å². The van der Waals surface area contributed by atoms with Crippen LogP contribution >= 0.6 is 15.9 Å². The molecule has 0 radical (unpaired) electrons. The molecule has 2 rings (SSSR count). The van der Waals surface area contributed by atoms with Crippen molar-refractivity contribution in [1.29, 1.82) is 0 Å². The number of nitrogens with one attached hydrogen (secondary N) is 1. The lowest BCUT2D eigenvalue weighted by Gasteiger charge is -2.15. The first kappa shape index (κ1) is 15.0. The van der Waals surface area contributed by atoms with Gasteiger partial charge in [-0.25, -0.2) is 13.1 Å². The number of nitrogen functional groups attached to an aromatic ring is 1. The van der Waals surface area contributed by atoms with E-state index in [1.807, 2.05) is 30.3 Å². The van der Waals surface area contributed by atoms with Gasteiger partial charge in [-0.3, -0.25) is 0 Å². The van der Waals surface area contributed by atoms with E-state index in [1.165, 1.54) is 12.1 Å². The molecule has 6 heteroatoms. The maximum atomic E-state index is 12.3. The van der Waals surface area contributed by atoms with Gasteiger partial charge in [-0.15, -0.1) is 0 Å². The second-order valence-electron chi connectivity index (χ2n) is 4.44. The Balaban J connectivity index is 2.25. The van der Waals surface area contributed by atoms with Crippen LogP contribution in [0.2, 0.25) is 0 Å². The van der Waals surface area contributed by atoms with Crippen LogP contribution in [0.3, 0.4) is 0 Å². The zero-order valence-electron chi connectivity index (χ0n) is 10.9. The third kappa shape index (κ3) is 3.39. The van der Waals surface area contributed by atoms with Crippen LogP contribution in [0.4, 0.5) is 5.69 Å². The molecule has 0 heterocycles. The van der Waals surface area contributed by atoms with Crippen LogP contribution in [0, 0.1) is 0 Å². The van der Waals surface area contributed by atoms with Crippen molar-refractivity contribution in [2.75, 3.05) is 5.73 Å². The maximum Gasteiger partial charge on any atom is 0.241 e. The minimum atomic E-state index is -3.58. The van der Waals surface area contributed by atoms with E-state index in [9.17, 15) is 8.42 Å². The zero-order chi connectivity index (χ0) is 14.8. The van der Waals surface area contributed by atoms with Gasteiger partial charge in [0.25, 0.3) is 0 Å². The topological polar surface area (TPSA) is 72.2 Å². The van der Waals surface area contributed by atoms with Gasteiger partial charge in [-0.1, -0.05) is 30.3 Å². The van der Waals surface area contributed by atoms with Crippen molar-refractivity contribution in [1.82, 2.24) is 4.72 Å². The molecular weight excluding hydrogens is 340 g/mol. The summed E-state index contributed by atoms with van der Waals surface area (Å²) in [7, 11) is -3.58. The lowest BCUT2D eigenvalue weighted by Crippen LogP contribution is -2.26. The predicted octanol–water partition coefficient (Wildman–Crippen LogP) is 3.07. The first-order valence-corrected chi connectivity index (χ1v) is 8.30. The Morgan fingerprint density at radius 3 is 2.40 bits per heavy atom. The molecular formula is C14H15BrN2O2S. The summed E-state index contributed by atoms with van der Waals surface area (Å²) in [5.41, 5.74) is 7.07. The van der Waals surface area contributed by atoms with Gasteiger partial charge < -0.3 is 5.73 Å². The van der Waals surface area contributed by atoms with Gasteiger partial charge in [0.05, 0.1) is 4.90 Å². The summed E-state index contributed by atoms with van der Waals surface area (Å²) < 4.78 is 27.8. The number of rotatable bonds is 4. The fourth-order valence-electron chi connectivity index (χ4n) is 1.79. The standard InChI is InChI=1S/C14H15BrN2O2S/c1-10(11-5-3-2-4-6-11)17-20(18,19)12-7-8-14(16)13(15)9-12/h2-10,17H,16H2,1H3. The zero-order valence-corrected chi connectivity index (χ0v) is 13.3. The first-order chi connectivity index (χ1) is 9.40. The van der Waals surface area contributed by atoms with Gasteiger partial charge in [0, 0.05) is 16.2 Å². The molecule has 0 saturated carbocycles. The van der Waals surface area contributed by atoms with E-state index in [2.05, 4.69) is 20.7 Å². The van der Waals surface area contributed by atoms with Crippen molar-refractivity contribution in [2.45, 2.75) is 17.9 Å². The smallest absolute Gasteiger partial charge is 0.241 e. The number of hydrogen-bond acceptors (Lipinski definition) is 3. The first-order valence-electron chi connectivity index (χ1n) is 6.02. The molecule has 0 aliphatic rings. The van der Waals surface area contributed by atoms with Gasteiger partial charge in [-0.05, 0) is 46.6 Å². The van der Waals surface area contributed by atoms with E-state index in [0.717, 1.165) is 5.56 Å². The van der Waals surface area contributed by atoms with Gasteiger partial charge in [0.1, 0.15) is 0 Å². The molecule has 0 aliphatic carbocycles. The molecule has 0 bridgehead atoms. The molecule has 0 aliphatic heterocycles. The summed E-state index contributed by atoms with van der Waals surface area (Å²) in [6.45, 7) is 1.80. The van der Waals surface area contributed by atoms with Crippen LogP contribution in [0.25, 0.3) is 0 Å². The summed E-state index contributed by atoms with van der Waals surface area (Å²) in [6.07, 6.45) is 0. The lowest BCUT2D eigenvalue weighted by molar-refractivity contribution is 0.567. The Labute approximate surface area is 127 Å². The molecule has 20 heavy (non-hydrogen) atoms. The van der Waals surface area contributed by atoms with Crippen molar-refractivity contribution in [3.05, 3.63) is 58.6 Å². The van der Waals surface area contributed by atoms with E-state index < -0.39 is 10.0 Å². The van der Waals surface area contributed by atoms with Crippen molar-refractivity contribution in [3.8, 4) is 0 Å². The second-order valence-corrected chi connectivity index (χ2v) is 7.01. The van der Waals surface area contributed by atoms with Gasteiger partial charge in [0.2, 0.25) is 10.0 Å². The molecule has 3 N–H and O–H groups in total. The second kappa shape index (κ2) is 5.95. The molecule has 0 fully saturated rings. The Kier molecular flexibility index (Phi) is 4.47. The fourth-order valence-corrected chi connectivity index (χ4v) is 3.57. The predicted molar refractivity (Wildman–Crippen MR) is 83.7 cm³/mol.